The van der Waals surface area contributed by atoms with Crippen LogP contribution in [0.5, 0.6) is 0 Å². The summed E-state index contributed by atoms with van der Waals surface area (Å²) in [5.41, 5.74) is -3.40. The third-order valence-corrected chi connectivity index (χ3v) is 12.0. The van der Waals surface area contributed by atoms with Gasteiger partial charge in [-0.25, -0.2) is 37.7 Å². The lowest BCUT2D eigenvalue weighted by atomic mass is 9.62. The maximum absolute atomic E-state index is 14.7. The molecule has 2 N–H and O–H groups in total. The summed E-state index contributed by atoms with van der Waals surface area (Å²) in [5.74, 6) is 0.528. The number of rotatable bonds is 16. The van der Waals surface area contributed by atoms with Crippen molar-refractivity contribution in [2.75, 3.05) is 26.4 Å². The maximum atomic E-state index is 14.7. The van der Waals surface area contributed by atoms with Gasteiger partial charge in [-0.2, -0.15) is 0 Å². The molecular formula is C43H71N5O9. The Kier molecular flexibility index (Phi) is 14.7. The summed E-state index contributed by atoms with van der Waals surface area (Å²) in [6.45, 7) is 27.2. The molecule has 3 saturated carbocycles. The summed E-state index contributed by atoms with van der Waals surface area (Å²) < 4.78 is 24.6. The van der Waals surface area contributed by atoms with Crippen LogP contribution in [0, 0.1) is 38.9 Å². The second-order valence-corrected chi connectivity index (χ2v) is 20.6. The molecule has 0 bridgehead atoms. The van der Waals surface area contributed by atoms with Crippen molar-refractivity contribution in [2.45, 2.75) is 152 Å². The van der Waals surface area contributed by atoms with Crippen LogP contribution in [0.25, 0.3) is 0 Å². The minimum absolute atomic E-state index is 0.0609. The maximum Gasteiger partial charge on any atom is 0.407 e. The highest BCUT2D eigenvalue weighted by Crippen LogP contribution is 2.48. The molecule has 0 saturated heterocycles. The summed E-state index contributed by atoms with van der Waals surface area (Å²) in [6.07, 6.45) is 8.05. The van der Waals surface area contributed by atoms with Gasteiger partial charge in [0, 0.05) is 31.7 Å². The van der Waals surface area contributed by atoms with Gasteiger partial charge in [-0.1, -0.05) is 75.5 Å². The number of hydrogen-bond donors (Lipinski definition) is 2. The van der Waals surface area contributed by atoms with Crippen LogP contribution < -0.4 is 27.7 Å². The molecule has 3 aliphatic carbocycles. The predicted molar refractivity (Wildman–Crippen MR) is 220 cm³/mol. The van der Waals surface area contributed by atoms with Gasteiger partial charge in [0.15, 0.2) is 0 Å². The van der Waals surface area contributed by atoms with E-state index in [0.29, 0.717) is 44.4 Å². The molecule has 2 amide bonds. The van der Waals surface area contributed by atoms with E-state index in [1.165, 1.54) is 26.2 Å². The summed E-state index contributed by atoms with van der Waals surface area (Å²) in [6, 6.07) is -0.536. The number of carbonyl (C=O) groups excluding carboxylic acids is 2. The number of ether oxygens (including phenoxy) is 4. The molecule has 1 heterocycles. The van der Waals surface area contributed by atoms with E-state index in [-0.39, 0.29) is 80.3 Å². The molecule has 6 unspecified atom stereocenters. The summed E-state index contributed by atoms with van der Waals surface area (Å²) in [4.78, 5) is 69.4. The Morgan fingerprint density at radius 2 is 1.05 bits per heavy atom. The molecule has 6 atom stereocenters. The van der Waals surface area contributed by atoms with E-state index in [2.05, 4.69) is 72.3 Å². The van der Waals surface area contributed by atoms with Crippen molar-refractivity contribution >= 4 is 12.2 Å². The predicted octanol–water partition coefficient (Wildman–Crippen LogP) is 6.58. The average Bonchev–Trinajstić information content (AvgIpc) is 3.05. The van der Waals surface area contributed by atoms with Crippen LogP contribution in [-0.2, 0) is 38.6 Å². The topological polar surface area (TPSA) is 161 Å². The SMILES string of the molecule is C=COCCOC(=O)NC1CC(C)(C)CC(C)(Cn2c(=O)n(CC3CC(C)CC(C)(C)C3)c(=O)n(CC3(C)CC(NC(=O)OCCOC=C)CC(C)(C)C3)c2=O)C1. The lowest BCUT2D eigenvalue weighted by Crippen LogP contribution is -2.59. The van der Waals surface area contributed by atoms with Crippen LogP contribution in [0.1, 0.15) is 120 Å². The molecule has 0 aromatic carbocycles. The smallest absolute Gasteiger partial charge is 0.407 e. The Hall–Kier alpha value is -3.97. The van der Waals surface area contributed by atoms with Crippen LogP contribution in [0.3, 0.4) is 0 Å². The van der Waals surface area contributed by atoms with Gasteiger partial charge in [0.2, 0.25) is 0 Å². The van der Waals surface area contributed by atoms with E-state index in [9.17, 15) is 24.0 Å². The molecular weight excluding hydrogens is 730 g/mol. The fraction of sp³-hybridized carbons (Fsp3) is 0.791. The molecule has 1 aromatic heterocycles. The first-order valence-electron chi connectivity index (χ1n) is 20.7. The second kappa shape index (κ2) is 18.3. The standard InChI is InChI=1S/C43H71N5O9/c1-12-54-14-16-56-34(49)44-32-21-40(6,7)26-42(10,23-32)28-47-36(51)46(25-31-18-30(3)19-39(4,5)20-31)37(52)48(38(47)53)29-43(11)24-33(22-41(8,9)27-43)45-35(50)57-17-15-55-13-2/h12-13,30-33H,1-2,14-29H2,3-11H3,(H,44,49)(H,45,50). The second-order valence-electron chi connectivity index (χ2n) is 20.6. The molecule has 14 nitrogen and oxygen atoms in total. The molecule has 57 heavy (non-hydrogen) atoms. The van der Waals surface area contributed by atoms with Gasteiger partial charge in [0.05, 0.1) is 12.5 Å². The van der Waals surface area contributed by atoms with Crippen molar-refractivity contribution in [1.29, 1.82) is 0 Å². The molecule has 3 aliphatic rings. The quantitative estimate of drug-likeness (QED) is 0.139. The van der Waals surface area contributed by atoms with Crippen LogP contribution >= 0.6 is 0 Å². The Labute approximate surface area is 338 Å². The van der Waals surface area contributed by atoms with Crippen LogP contribution in [-0.4, -0.2) is 64.4 Å². The largest absolute Gasteiger partial charge is 0.498 e. The minimum Gasteiger partial charge on any atom is -0.498 e. The Balaban J connectivity index is 1.71. The first-order valence-corrected chi connectivity index (χ1v) is 20.7. The third kappa shape index (κ3) is 13.0. The molecule has 1 aromatic rings. The van der Waals surface area contributed by atoms with Crippen molar-refractivity contribution in [3.63, 3.8) is 0 Å². The number of hydrogen-bond acceptors (Lipinski definition) is 9. The lowest BCUT2D eigenvalue weighted by Gasteiger charge is -2.47. The van der Waals surface area contributed by atoms with Gasteiger partial charge < -0.3 is 29.6 Å². The molecule has 0 aliphatic heterocycles. The van der Waals surface area contributed by atoms with Crippen molar-refractivity contribution in [2.24, 2.45) is 38.9 Å². The molecule has 4 rings (SSSR count). The highest BCUT2D eigenvalue weighted by molar-refractivity contribution is 5.68. The van der Waals surface area contributed by atoms with Gasteiger partial charge in [-0.3, -0.25) is 0 Å². The zero-order valence-corrected chi connectivity index (χ0v) is 36.2. The van der Waals surface area contributed by atoms with Gasteiger partial charge in [-0.15, -0.1) is 0 Å². The van der Waals surface area contributed by atoms with E-state index in [0.717, 1.165) is 19.3 Å². The Bertz CT molecular complexity index is 1670. The highest BCUT2D eigenvalue weighted by Gasteiger charge is 2.45. The van der Waals surface area contributed by atoms with Gasteiger partial charge in [0.1, 0.15) is 26.4 Å². The molecule has 0 spiro atoms. The normalized spacial score (nSPS) is 29.0. The van der Waals surface area contributed by atoms with Crippen LogP contribution in [0.15, 0.2) is 40.1 Å². The van der Waals surface area contributed by atoms with Crippen LogP contribution in [0.2, 0.25) is 0 Å². The van der Waals surface area contributed by atoms with Crippen molar-refractivity contribution in [3.8, 4) is 0 Å². The summed E-state index contributed by atoms with van der Waals surface area (Å²) >= 11 is 0. The van der Waals surface area contributed by atoms with Gasteiger partial charge in [-0.05, 0) is 96.7 Å². The van der Waals surface area contributed by atoms with E-state index >= 15 is 0 Å². The highest BCUT2D eigenvalue weighted by atomic mass is 16.6. The Morgan fingerprint density at radius 3 is 1.46 bits per heavy atom. The monoisotopic (exact) mass is 802 g/mol. The first-order chi connectivity index (χ1) is 26.5. The van der Waals surface area contributed by atoms with Crippen molar-refractivity contribution < 1.29 is 28.5 Å². The molecule has 0 radical (unpaired) electrons. The number of alkyl carbamates (subject to hydrolysis) is 2. The summed E-state index contributed by atoms with van der Waals surface area (Å²) in [5, 5.41) is 6.01. The minimum atomic E-state index is -0.634. The van der Waals surface area contributed by atoms with E-state index in [1.807, 2.05) is 13.8 Å². The summed E-state index contributed by atoms with van der Waals surface area (Å²) in [7, 11) is 0. The van der Waals surface area contributed by atoms with E-state index < -0.39 is 40.1 Å². The van der Waals surface area contributed by atoms with Crippen LogP contribution in [0.4, 0.5) is 9.59 Å². The lowest BCUT2D eigenvalue weighted by molar-refractivity contribution is 0.0428. The Morgan fingerprint density at radius 1 is 0.632 bits per heavy atom. The fourth-order valence-corrected chi connectivity index (χ4v) is 11.5. The third-order valence-electron chi connectivity index (χ3n) is 12.0. The molecule has 322 valence electrons. The van der Waals surface area contributed by atoms with Crippen molar-refractivity contribution in [3.05, 3.63) is 57.1 Å². The van der Waals surface area contributed by atoms with Gasteiger partial charge >= 0.3 is 29.3 Å². The van der Waals surface area contributed by atoms with E-state index in [4.69, 9.17) is 18.9 Å². The number of carbonyl (C=O) groups is 2. The number of nitrogens with zero attached hydrogens (tertiary/aromatic N) is 3. The number of nitrogens with one attached hydrogen (secondary N) is 2. The zero-order valence-electron chi connectivity index (χ0n) is 36.2. The first kappa shape index (κ1) is 45.7. The zero-order chi connectivity index (χ0) is 42.4. The fourth-order valence-electron chi connectivity index (χ4n) is 11.5. The number of aromatic nitrogens is 3. The van der Waals surface area contributed by atoms with Crippen molar-refractivity contribution in [1.82, 2.24) is 24.3 Å². The van der Waals surface area contributed by atoms with E-state index in [1.54, 1.807) is 0 Å². The number of amides is 2. The average molecular weight is 802 g/mol. The van der Waals surface area contributed by atoms with Gasteiger partial charge in [0.25, 0.3) is 0 Å². The molecule has 3 fully saturated rings. The molecule has 14 heteroatoms.